The Labute approximate surface area is 660 Å². The Balaban J connectivity index is 0.000000857. The Hall–Kier alpha value is -10.4. The van der Waals surface area contributed by atoms with E-state index in [1.807, 2.05) is 41.3 Å². The fraction of sp³-hybridized carbons (Fsp3) is 0.574. The van der Waals surface area contributed by atoms with Crippen molar-refractivity contribution in [2.45, 2.75) is 12.8 Å². The van der Waals surface area contributed by atoms with Crippen LogP contribution >= 0.6 is 24.4 Å². The highest BCUT2D eigenvalue weighted by atomic mass is 32.1. The van der Waals surface area contributed by atoms with Crippen LogP contribution in [0.1, 0.15) is 11.1 Å². The predicted molar refractivity (Wildman–Crippen MR) is 407 cm³/mol. The first-order valence-corrected chi connectivity index (χ1v) is 36.1. The van der Waals surface area contributed by atoms with Crippen molar-refractivity contribution in [3.05, 3.63) is 59.7 Å². The molecule has 1 heterocycles. The quantitative estimate of drug-likeness (QED) is 0.0217. The summed E-state index contributed by atoms with van der Waals surface area (Å²) < 4.78 is 0. The van der Waals surface area contributed by atoms with E-state index < -0.39 is 156 Å². The van der Waals surface area contributed by atoms with Gasteiger partial charge in [0.25, 0.3) is 0 Å². The number of nitrogens with one attached hydrogen (secondary N) is 4. The van der Waals surface area contributed by atoms with Crippen molar-refractivity contribution in [1.29, 1.82) is 0 Å². The molecule has 45 heteroatoms. The number of aliphatic carboxylic acids is 11. The summed E-state index contributed by atoms with van der Waals surface area (Å²) >= 11 is 9.29. The van der Waals surface area contributed by atoms with Crippen molar-refractivity contribution in [2.75, 3.05) is 242 Å². The maximum atomic E-state index is 13.1. The number of nitrogens with zero attached hydrogens (tertiary/aromatic N) is 13. The average molecular weight is 1640 g/mol. The van der Waals surface area contributed by atoms with E-state index >= 15 is 0 Å². The Morgan fingerprint density at radius 3 is 0.938 bits per heavy atom. The summed E-state index contributed by atoms with van der Waals surface area (Å²) in [5.74, 6) is -15.5. The highest BCUT2D eigenvalue weighted by molar-refractivity contribution is 7.78. The second-order valence-electron chi connectivity index (χ2n) is 25.7. The van der Waals surface area contributed by atoms with Crippen molar-refractivity contribution < 1.29 is 128 Å². The van der Waals surface area contributed by atoms with Gasteiger partial charge in [0.15, 0.2) is 0 Å². The van der Waals surface area contributed by atoms with Crippen LogP contribution in [0, 0.1) is 0 Å². The van der Waals surface area contributed by atoms with Gasteiger partial charge in [-0.3, -0.25) is 126 Å². The minimum atomic E-state index is -1.29. The van der Waals surface area contributed by atoms with E-state index in [1.165, 1.54) is 34.3 Å². The van der Waals surface area contributed by atoms with Crippen molar-refractivity contribution in [3.63, 3.8) is 0 Å². The van der Waals surface area contributed by atoms with E-state index in [9.17, 15) is 108 Å². The molecule has 1 aliphatic heterocycles. The monoisotopic (exact) mass is 1640 g/mol. The van der Waals surface area contributed by atoms with E-state index in [2.05, 4.69) is 70.9 Å². The number of isothiocyanates is 2. The van der Waals surface area contributed by atoms with Gasteiger partial charge in [0, 0.05) is 144 Å². The molecule has 1 saturated heterocycles. The summed E-state index contributed by atoms with van der Waals surface area (Å²) in [6.07, 6.45) is 1.20. The number of hydrogen-bond donors (Lipinski definition) is 15. The Kier molecular flexibility index (Phi) is 49.6. The van der Waals surface area contributed by atoms with Gasteiger partial charge in [-0.1, -0.05) is 24.3 Å². The largest absolute Gasteiger partial charge is 0.480 e. The second-order valence-corrected chi connectivity index (χ2v) is 26.1. The summed E-state index contributed by atoms with van der Waals surface area (Å²) in [6, 6.07) is 14.7. The van der Waals surface area contributed by atoms with Crippen LogP contribution in [-0.4, -0.2) is 452 Å². The lowest BCUT2D eigenvalue weighted by molar-refractivity contribution is -0.144. The van der Waals surface area contributed by atoms with E-state index in [0.29, 0.717) is 50.4 Å². The fourth-order valence-electron chi connectivity index (χ4n) is 11.2. The number of thiocarbonyl (C=S) groups is 2. The number of hydrogen-bond acceptors (Lipinski definition) is 30. The molecule has 626 valence electrons. The molecular formula is C68H101N17O26S2. The molecule has 1 aliphatic rings. The molecule has 0 unspecified atom stereocenters. The molecule has 43 nitrogen and oxygen atoms in total. The predicted octanol–water partition coefficient (Wildman–Crippen LogP) is -5.34. The standard InChI is InChI=1S/C41H62N10O18S.C27H39N7O8S/c52-32(19-48(23-36(58)59)15-11-46(21-34(54)55)13-17-50(25-38(62)63)26-39(64)65)42-6-9-45(8-5-30-1-3-31(4-2-30)44-29-70)10-7-43-33(53)20-49(24-37(60)61)16-12-47(22-35(56)57)14-18-51(27-40(66)67)28-41(68)69;35-23-15-33(18-26(39)40)13-11-32(17-25(37)38)12-14-34(19-27(41)42)16-24(36)29-7-10-31(9-6-28-23)8-5-21-1-3-22(4-2-21)30-20-43/h1-4H,5-28H2,(H,42,52)(H,43,53)(H,54,55)(H,56,57)(H,58,59)(H,60,61)(H,62,63)(H,64,65)(H,66,67)(H,68,69);1-4H,5-19H2,(H,28,35)(H,29,36)(H,37,38)(H,39,40)(H,41,42). The van der Waals surface area contributed by atoms with Gasteiger partial charge >= 0.3 is 65.7 Å². The number of aliphatic imine (C=N–C) groups is 2. The summed E-state index contributed by atoms with van der Waals surface area (Å²) in [6.45, 7) is -4.29. The zero-order valence-corrected chi connectivity index (χ0v) is 64.0. The van der Waals surface area contributed by atoms with Gasteiger partial charge in [0.1, 0.15) is 0 Å². The van der Waals surface area contributed by atoms with Gasteiger partial charge in [-0.15, -0.1) is 0 Å². The smallest absolute Gasteiger partial charge is 0.317 e. The normalized spacial score (nSPS) is 13.8. The minimum absolute atomic E-state index is 0.0632. The van der Waals surface area contributed by atoms with Crippen LogP contribution in [0.3, 0.4) is 0 Å². The number of carbonyl (C=O) groups is 15. The van der Waals surface area contributed by atoms with Gasteiger partial charge in [0.2, 0.25) is 23.6 Å². The third kappa shape index (κ3) is 51.8. The van der Waals surface area contributed by atoms with Gasteiger partial charge in [-0.2, -0.15) is 9.98 Å². The van der Waals surface area contributed by atoms with E-state index in [1.54, 1.807) is 12.1 Å². The van der Waals surface area contributed by atoms with Crippen LogP contribution in [0.4, 0.5) is 11.4 Å². The van der Waals surface area contributed by atoms with E-state index in [0.717, 1.165) is 20.9 Å². The molecule has 3 rings (SSSR count). The van der Waals surface area contributed by atoms with E-state index in [4.69, 9.17) is 20.4 Å². The second kappa shape index (κ2) is 56.8. The van der Waals surface area contributed by atoms with Crippen LogP contribution in [0.25, 0.3) is 0 Å². The van der Waals surface area contributed by atoms with Crippen LogP contribution in [0.15, 0.2) is 58.5 Å². The number of rotatable bonds is 52. The molecule has 0 atom stereocenters. The van der Waals surface area contributed by atoms with Crippen LogP contribution < -0.4 is 21.3 Å². The minimum Gasteiger partial charge on any atom is -0.480 e. The van der Waals surface area contributed by atoms with Gasteiger partial charge in [-0.25, -0.2) is 0 Å². The number of amides is 4. The van der Waals surface area contributed by atoms with E-state index in [-0.39, 0.29) is 149 Å². The molecule has 4 amide bonds. The highest BCUT2D eigenvalue weighted by Gasteiger charge is 2.25. The zero-order valence-electron chi connectivity index (χ0n) is 62.4. The summed E-state index contributed by atoms with van der Waals surface area (Å²) in [7, 11) is 0. The molecule has 0 spiro atoms. The molecule has 2 aromatic carbocycles. The lowest BCUT2D eigenvalue weighted by atomic mass is 10.1. The number of carbonyl (C=O) groups excluding carboxylic acids is 4. The lowest BCUT2D eigenvalue weighted by Crippen LogP contribution is -2.48. The highest BCUT2D eigenvalue weighted by Crippen LogP contribution is 2.15. The Morgan fingerprint density at radius 2 is 0.628 bits per heavy atom. The molecule has 0 aromatic heterocycles. The van der Waals surface area contributed by atoms with Gasteiger partial charge in [-0.05, 0) is 72.7 Å². The molecule has 1 fully saturated rings. The van der Waals surface area contributed by atoms with Crippen LogP contribution in [-0.2, 0) is 84.8 Å². The number of carboxylic acid groups (broad SMARTS) is 11. The first-order chi connectivity index (χ1) is 53.6. The first kappa shape index (κ1) is 98.7. The lowest BCUT2D eigenvalue weighted by Gasteiger charge is -2.28. The number of carboxylic acids is 11. The summed E-state index contributed by atoms with van der Waals surface area (Å²) in [4.78, 5) is 201. The van der Waals surface area contributed by atoms with Crippen LogP contribution in [0.5, 0.6) is 0 Å². The van der Waals surface area contributed by atoms with Crippen molar-refractivity contribution in [2.24, 2.45) is 9.98 Å². The maximum Gasteiger partial charge on any atom is 0.317 e. The molecule has 113 heavy (non-hydrogen) atoms. The fourth-order valence-corrected chi connectivity index (χ4v) is 11.4. The maximum absolute atomic E-state index is 13.1. The Morgan fingerprint density at radius 1 is 0.345 bits per heavy atom. The molecular weight excluding hydrogens is 1530 g/mol. The molecule has 0 aliphatic carbocycles. The van der Waals surface area contributed by atoms with Crippen molar-refractivity contribution in [1.82, 2.24) is 75.2 Å². The van der Waals surface area contributed by atoms with Gasteiger partial charge < -0.3 is 77.4 Å². The van der Waals surface area contributed by atoms with Crippen LogP contribution in [0.2, 0.25) is 0 Å². The third-order valence-corrected chi connectivity index (χ3v) is 16.7. The number of benzene rings is 2. The molecule has 0 radical (unpaired) electrons. The molecule has 15 N–H and O–H groups in total. The SMILES string of the molecule is O=C(O)CN(CCN(CC(=O)O)CC(=O)O)CCN(CC(=O)O)CC(=O)NCCN(CCNC(=O)CN(CCN(CCN(CC(=O)O)CC(=O)O)CC(=O)O)CC(=O)O)CCc1ccc(N=C=S)cc1.O=C(O)CN1CCN(CC(=O)O)CC(=O)NCCN(CCc2ccc(N=C=S)cc2)CCNC(=O)CN(CC(=O)O)CC1. The van der Waals surface area contributed by atoms with Gasteiger partial charge in [0.05, 0.1) is 120 Å². The molecule has 0 bridgehead atoms. The average Bonchev–Trinajstić information content (AvgIpc) is 0.911. The molecule has 0 saturated carbocycles. The topological polar surface area (TPSA) is 587 Å². The van der Waals surface area contributed by atoms with Crippen molar-refractivity contribution in [3.8, 4) is 0 Å². The zero-order chi connectivity index (χ0) is 84.2. The summed E-state index contributed by atoms with van der Waals surface area (Å²) in [5.41, 5.74) is 3.26. The Bertz CT molecular complexity index is 3360. The van der Waals surface area contributed by atoms with Crippen molar-refractivity contribution >= 4 is 135 Å². The molecule has 2 aromatic rings. The first-order valence-electron chi connectivity index (χ1n) is 35.3. The summed E-state index contributed by atoms with van der Waals surface area (Å²) in [5, 5.41) is 118. The third-order valence-electron chi connectivity index (χ3n) is 16.5.